The van der Waals surface area contributed by atoms with Crippen LogP contribution in [0.3, 0.4) is 0 Å². The standard InChI is InChI=1S/C17H26N2O4S/c1-18(13-14-6-4-3-5-7-14)24(21,22)19-11-10-17(23-2)9-8-15(20)12-16(17)19/h3-7,15-16,20H,8-13H2,1-2H3/t15-,16+,17-/m1/s1. The van der Waals surface area contributed by atoms with Gasteiger partial charge in [0.2, 0.25) is 0 Å². The first-order chi connectivity index (χ1) is 11.4. The largest absolute Gasteiger partial charge is 0.393 e. The molecule has 1 aliphatic heterocycles. The predicted molar refractivity (Wildman–Crippen MR) is 91.5 cm³/mol. The molecule has 1 aromatic rings. The minimum absolute atomic E-state index is 0.297. The SMILES string of the molecule is CO[C@@]12CC[C@@H](O)C[C@@H]1N(S(=O)(=O)N(C)Cc1ccccc1)CC2. The number of hydrogen-bond acceptors (Lipinski definition) is 4. The Kier molecular flexibility index (Phi) is 4.99. The van der Waals surface area contributed by atoms with E-state index in [0.717, 1.165) is 5.56 Å². The summed E-state index contributed by atoms with van der Waals surface area (Å²) in [6.07, 6.45) is 2.02. The average Bonchev–Trinajstić information content (AvgIpc) is 2.95. The highest BCUT2D eigenvalue weighted by atomic mass is 32.2. The molecule has 1 N–H and O–H groups in total. The third-order valence-electron chi connectivity index (χ3n) is 5.45. The molecule has 7 heteroatoms. The van der Waals surface area contributed by atoms with Gasteiger partial charge in [-0.05, 0) is 31.2 Å². The van der Waals surface area contributed by atoms with E-state index in [-0.39, 0.29) is 6.04 Å². The molecule has 1 saturated heterocycles. The molecule has 0 bridgehead atoms. The lowest BCUT2D eigenvalue weighted by Gasteiger charge is -2.42. The number of benzene rings is 1. The van der Waals surface area contributed by atoms with E-state index in [1.54, 1.807) is 14.2 Å². The number of rotatable bonds is 5. The van der Waals surface area contributed by atoms with Crippen molar-refractivity contribution in [1.29, 1.82) is 0 Å². The molecule has 3 atom stereocenters. The Balaban J connectivity index is 1.81. The summed E-state index contributed by atoms with van der Waals surface area (Å²) in [6.45, 7) is 0.765. The minimum atomic E-state index is -3.60. The van der Waals surface area contributed by atoms with Gasteiger partial charge >= 0.3 is 0 Å². The maximum atomic E-state index is 13.1. The molecule has 0 unspecified atom stereocenters. The zero-order valence-electron chi connectivity index (χ0n) is 14.3. The van der Waals surface area contributed by atoms with Crippen LogP contribution in [0, 0.1) is 0 Å². The van der Waals surface area contributed by atoms with Gasteiger partial charge in [0, 0.05) is 27.2 Å². The fourth-order valence-electron chi connectivity index (χ4n) is 4.01. The van der Waals surface area contributed by atoms with Crippen LogP contribution >= 0.6 is 0 Å². The van der Waals surface area contributed by atoms with Gasteiger partial charge < -0.3 is 9.84 Å². The van der Waals surface area contributed by atoms with Crippen molar-refractivity contribution < 1.29 is 18.3 Å². The van der Waals surface area contributed by atoms with E-state index in [1.807, 2.05) is 30.3 Å². The van der Waals surface area contributed by atoms with Gasteiger partial charge in [0.05, 0.1) is 17.7 Å². The Bertz CT molecular complexity index is 666. The summed E-state index contributed by atoms with van der Waals surface area (Å²) in [7, 11) is -0.351. The van der Waals surface area contributed by atoms with E-state index >= 15 is 0 Å². The van der Waals surface area contributed by atoms with Crippen LogP contribution in [-0.2, 0) is 21.5 Å². The van der Waals surface area contributed by atoms with Crippen molar-refractivity contribution in [3.63, 3.8) is 0 Å². The summed E-state index contributed by atoms with van der Waals surface area (Å²) >= 11 is 0. The van der Waals surface area contributed by atoms with Crippen molar-refractivity contribution in [3.8, 4) is 0 Å². The molecule has 3 rings (SSSR count). The second kappa shape index (κ2) is 6.72. The molecule has 2 aliphatic rings. The lowest BCUT2D eigenvalue weighted by atomic mass is 9.79. The van der Waals surface area contributed by atoms with Crippen LogP contribution in [0.25, 0.3) is 0 Å². The van der Waals surface area contributed by atoms with Gasteiger partial charge in [-0.15, -0.1) is 0 Å². The molecule has 1 saturated carbocycles. The van der Waals surface area contributed by atoms with E-state index < -0.39 is 21.9 Å². The van der Waals surface area contributed by atoms with E-state index in [0.29, 0.717) is 38.8 Å². The molecule has 2 fully saturated rings. The molecule has 6 nitrogen and oxygen atoms in total. The van der Waals surface area contributed by atoms with Crippen molar-refractivity contribution in [1.82, 2.24) is 8.61 Å². The zero-order chi connectivity index (χ0) is 17.4. The molecule has 1 aliphatic carbocycles. The van der Waals surface area contributed by atoms with Gasteiger partial charge in [-0.3, -0.25) is 0 Å². The lowest BCUT2D eigenvalue weighted by Crippen LogP contribution is -2.54. The Morgan fingerprint density at radius 3 is 2.71 bits per heavy atom. The van der Waals surface area contributed by atoms with Crippen LogP contribution in [-0.4, -0.2) is 60.6 Å². The molecule has 24 heavy (non-hydrogen) atoms. The molecule has 1 aromatic carbocycles. The zero-order valence-corrected chi connectivity index (χ0v) is 15.1. The summed E-state index contributed by atoms with van der Waals surface area (Å²) in [4.78, 5) is 0. The van der Waals surface area contributed by atoms with Crippen molar-refractivity contribution in [2.45, 2.75) is 50.0 Å². The fraction of sp³-hybridized carbons (Fsp3) is 0.647. The molecular formula is C17H26N2O4S. The van der Waals surface area contributed by atoms with E-state index in [1.165, 1.54) is 8.61 Å². The number of fused-ring (bicyclic) bond motifs is 1. The summed E-state index contributed by atoms with van der Waals surface area (Å²) in [5, 5.41) is 10.0. The predicted octanol–water partition coefficient (Wildman–Crippen LogP) is 1.37. The Labute approximate surface area is 144 Å². The maximum Gasteiger partial charge on any atom is 0.282 e. The number of aliphatic hydroxyl groups excluding tert-OH is 1. The first-order valence-electron chi connectivity index (χ1n) is 8.39. The van der Waals surface area contributed by atoms with Crippen molar-refractivity contribution in [2.24, 2.45) is 0 Å². The second-order valence-corrected chi connectivity index (χ2v) is 8.81. The van der Waals surface area contributed by atoms with Crippen molar-refractivity contribution in [3.05, 3.63) is 35.9 Å². The summed E-state index contributed by atoms with van der Waals surface area (Å²) < 4.78 is 34.8. The van der Waals surface area contributed by atoms with Gasteiger partial charge in [0.1, 0.15) is 0 Å². The third kappa shape index (κ3) is 3.11. The van der Waals surface area contributed by atoms with Gasteiger partial charge in [-0.1, -0.05) is 30.3 Å². The topological polar surface area (TPSA) is 70.1 Å². The van der Waals surface area contributed by atoms with E-state index in [9.17, 15) is 13.5 Å². The van der Waals surface area contributed by atoms with Crippen LogP contribution in [0.2, 0.25) is 0 Å². The molecule has 0 radical (unpaired) electrons. The summed E-state index contributed by atoms with van der Waals surface area (Å²) in [6, 6.07) is 9.25. The van der Waals surface area contributed by atoms with Crippen molar-refractivity contribution in [2.75, 3.05) is 20.7 Å². The molecule has 134 valence electrons. The Morgan fingerprint density at radius 2 is 2.04 bits per heavy atom. The van der Waals surface area contributed by atoms with Crippen molar-refractivity contribution >= 4 is 10.2 Å². The van der Waals surface area contributed by atoms with Gasteiger partial charge in [-0.25, -0.2) is 0 Å². The molecule has 0 amide bonds. The quantitative estimate of drug-likeness (QED) is 0.867. The van der Waals surface area contributed by atoms with Crippen LogP contribution in [0.1, 0.15) is 31.2 Å². The highest BCUT2D eigenvalue weighted by Crippen LogP contribution is 2.43. The number of methoxy groups -OCH3 is 1. The van der Waals surface area contributed by atoms with Crippen LogP contribution < -0.4 is 0 Å². The summed E-state index contributed by atoms with van der Waals surface area (Å²) in [5.74, 6) is 0. The molecule has 0 spiro atoms. The Hall–Kier alpha value is -0.990. The van der Waals surface area contributed by atoms with Gasteiger partial charge in [0.25, 0.3) is 10.2 Å². The second-order valence-electron chi connectivity index (χ2n) is 6.82. The third-order valence-corrected chi connectivity index (χ3v) is 7.40. The fourth-order valence-corrected chi connectivity index (χ4v) is 5.60. The van der Waals surface area contributed by atoms with Gasteiger partial charge in [0.15, 0.2) is 0 Å². The number of ether oxygens (including phenoxy) is 1. The lowest BCUT2D eigenvalue weighted by molar-refractivity contribution is -0.0779. The highest BCUT2D eigenvalue weighted by Gasteiger charge is 2.54. The average molecular weight is 354 g/mol. The normalized spacial score (nSPS) is 31.3. The molecular weight excluding hydrogens is 328 g/mol. The van der Waals surface area contributed by atoms with Crippen LogP contribution in [0.4, 0.5) is 0 Å². The molecule has 1 heterocycles. The monoisotopic (exact) mass is 354 g/mol. The first kappa shape index (κ1) is 17.8. The Morgan fingerprint density at radius 1 is 1.33 bits per heavy atom. The minimum Gasteiger partial charge on any atom is -0.393 e. The van der Waals surface area contributed by atoms with Crippen LogP contribution in [0.5, 0.6) is 0 Å². The van der Waals surface area contributed by atoms with Crippen LogP contribution in [0.15, 0.2) is 30.3 Å². The first-order valence-corrected chi connectivity index (χ1v) is 9.79. The molecule has 0 aromatic heterocycles. The number of hydrogen-bond donors (Lipinski definition) is 1. The number of aliphatic hydroxyl groups is 1. The summed E-state index contributed by atoms with van der Waals surface area (Å²) in [5.41, 5.74) is 0.490. The number of nitrogens with zero attached hydrogens (tertiary/aromatic N) is 2. The van der Waals surface area contributed by atoms with E-state index in [2.05, 4.69) is 0 Å². The smallest absolute Gasteiger partial charge is 0.282 e. The van der Waals surface area contributed by atoms with E-state index in [4.69, 9.17) is 4.74 Å². The highest BCUT2D eigenvalue weighted by molar-refractivity contribution is 7.86. The maximum absolute atomic E-state index is 13.1. The van der Waals surface area contributed by atoms with Gasteiger partial charge in [-0.2, -0.15) is 17.0 Å².